The minimum absolute atomic E-state index is 0.0981. The van der Waals surface area contributed by atoms with Gasteiger partial charge in [0.2, 0.25) is 0 Å². The number of amides is 2. The number of carbonyl (C=O) groups is 3. The number of nitrogens with one attached hydrogen (secondary N) is 1. The number of hydrogen-bond donors (Lipinski definition) is 1. The van der Waals surface area contributed by atoms with Crippen LogP contribution in [0.2, 0.25) is 5.02 Å². The fourth-order valence-corrected chi connectivity index (χ4v) is 3.56. The Balaban J connectivity index is 1.56. The molecule has 0 aliphatic carbocycles. The molecule has 1 fully saturated rings. The molecular formula is C24H26ClFN2O6. The molecule has 1 saturated heterocycles. The van der Waals surface area contributed by atoms with Crippen molar-refractivity contribution in [2.75, 3.05) is 38.2 Å². The number of hydrogen-bond acceptors (Lipinski definition) is 6. The van der Waals surface area contributed by atoms with E-state index in [2.05, 4.69) is 5.32 Å². The maximum absolute atomic E-state index is 13.2. The Morgan fingerprint density at radius 3 is 2.47 bits per heavy atom. The minimum atomic E-state index is -0.746. The summed E-state index contributed by atoms with van der Waals surface area (Å²) in [6.07, 6.45) is 3.10. The molecule has 0 atom stereocenters. The van der Waals surface area contributed by atoms with Crippen LogP contribution in [-0.2, 0) is 14.3 Å². The third-order valence-corrected chi connectivity index (χ3v) is 5.37. The Morgan fingerprint density at radius 2 is 1.76 bits per heavy atom. The Morgan fingerprint density at radius 1 is 1.00 bits per heavy atom. The first-order valence-corrected chi connectivity index (χ1v) is 11.3. The van der Waals surface area contributed by atoms with Crippen LogP contribution in [0.5, 0.6) is 11.5 Å². The Labute approximate surface area is 201 Å². The van der Waals surface area contributed by atoms with Gasteiger partial charge in [0.15, 0.2) is 24.7 Å². The largest absolute Gasteiger partial charge is 0.490 e. The summed E-state index contributed by atoms with van der Waals surface area (Å²) in [5.74, 6) is -1.46. The molecule has 1 aliphatic rings. The van der Waals surface area contributed by atoms with E-state index in [0.29, 0.717) is 12.4 Å². The van der Waals surface area contributed by atoms with Crippen LogP contribution in [0, 0.1) is 5.82 Å². The predicted octanol–water partition coefficient (Wildman–Crippen LogP) is 4.06. The van der Waals surface area contributed by atoms with Gasteiger partial charge in [-0.15, -0.1) is 0 Å². The van der Waals surface area contributed by atoms with E-state index >= 15 is 0 Å². The second-order valence-corrected chi connectivity index (χ2v) is 7.99. The Hall–Kier alpha value is -3.33. The van der Waals surface area contributed by atoms with Crippen molar-refractivity contribution in [3.8, 4) is 11.5 Å². The van der Waals surface area contributed by atoms with Gasteiger partial charge in [-0.25, -0.2) is 9.18 Å². The Bertz CT molecular complexity index is 1040. The van der Waals surface area contributed by atoms with Gasteiger partial charge in [0.25, 0.3) is 11.8 Å². The number of halogens is 2. The highest BCUT2D eigenvalue weighted by Gasteiger charge is 2.19. The van der Waals surface area contributed by atoms with E-state index in [1.807, 2.05) is 0 Å². The summed E-state index contributed by atoms with van der Waals surface area (Å²) in [7, 11) is 0. The van der Waals surface area contributed by atoms with Crippen molar-refractivity contribution >= 4 is 35.1 Å². The molecule has 0 radical (unpaired) electrons. The topological polar surface area (TPSA) is 94.2 Å². The zero-order valence-corrected chi connectivity index (χ0v) is 19.5. The number of rotatable bonds is 9. The van der Waals surface area contributed by atoms with Crippen LogP contribution in [-0.4, -0.2) is 55.6 Å². The monoisotopic (exact) mass is 492 g/mol. The first kappa shape index (κ1) is 25.3. The van der Waals surface area contributed by atoms with E-state index < -0.39 is 24.3 Å². The van der Waals surface area contributed by atoms with E-state index in [-0.39, 0.29) is 34.5 Å². The number of likely N-dealkylation sites (tertiary alicyclic amines) is 1. The Kier molecular flexibility index (Phi) is 9.09. The van der Waals surface area contributed by atoms with Crippen molar-refractivity contribution in [1.29, 1.82) is 0 Å². The van der Waals surface area contributed by atoms with Gasteiger partial charge in [0.05, 0.1) is 17.2 Å². The highest BCUT2D eigenvalue weighted by atomic mass is 35.5. The van der Waals surface area contributed by atoms with Crippen molar-refractivity contribution in [2.24, 2.45) is 0 Å². The van der Waals surface area contributed by atoms with Gasteiger partial charge in [-0.3, -0.25) is 9.59 Å². The van der Waals surface area contributed by atoms with Gasteiger partial charge >= 0.3 is 5.97 Å². The quantitative estimate of drug-likeness (QED) is 0.530. The van der Waals surface area contributed by atoms with E-state index in [0.717, 1.165) is 38.4 Å². The SMILES string of the molecule is CCOc1cc(C(=O)OCC(=O)Nc2ccc(F)c(Cl)c2)ccc1OCC(=O)N1CCCCC1. The molecular weight excluding hydrogens is 467 g/mol. The highest BCUT2D eigenvalue weighted by molar-refractivity contribution is 6.31. The van der Waals surface area contributed by atoms with Gasteiger partial charge < -0.3 is 24.4 Å². The van der Waals surface area contributed by atoms with Gasteiger partial charge in [-0.05, 0) is 62.6 Å². The maximum Gasteiger partial charge on any atom is 0.338 e. The van der Waals surface area contributed by atoms with Gasteiger partial charge in [0, 0.05) is 18.8 Å². The lowest BCUT2D eigenvalue weighted by Crippen LogP contribution is -2.38. The second kappa shape index (κ2) is 12.2. The molecule has 1 aliphatic heterocycles. The van der Waals surface area contributed by atoms with Crippen LogP contribution >= 0.6 is 11.6 Å². The first-order chi connectivity index (χ1) is 16.4. The molecule has 2 aromatic carbocycles. The second-order valence-electron chi connectivity index (χ2n) is 7.58. The molecule has 2 aromatic rings. The van der Waals surface area contributed by atoms with E-state index in [1.165, 1.54) is 30.3 Å². The van der Waals surface area contributed by atoms with Crippen molar-refractivity contribution in [2.45, 2.75) is 26.2 Å². The lowest BCUT2D eigenvalue weighted by atomic mass is 10.1. The summed E-state index contributed by atoms with van der Waals surface area (Å²) in [5.41, 5.74) is 0.419. The molecule has 182 valence electrons. The number of piperidine rings is 1. The third-order valence-electron chi connectivity index (χ3n) is 5.08. The van der Waals surface area contributed by atoms with E-state index in [4.69, 9.17) is 25.8 Å². The normalized spacial score (nSPS) is 13.2. The average Bonchev–Trinajstić information content (AvgIpc) is 2.84. The van der Waals surface area contributed by atoms with Gasteiger partial charge in [-0.1, -0.05) is 11.6 Å². The van der Waals surface area contributed by atoms with Crippen LogP contribution in [0.4, 0.5) is 10.1 Å². The average molecular weight is 493 g/mol. The number of esters is 1. The molecule has 10 heteroatoms. The molecule has 2 amide bonds. The standard InChI is InChI=1S/C24H26ClFN2O6/c1-2-32-21-12-16(6-9-20(21)33-15-23(30)28-10-4-3-5-11-28)24(31)34-14-22(29)27-17-7-8-19(26)18(25)13-17/h6-9,12-13H,2-5,10-11,14-15H2,1H3,(H,27,29). The zero-order chi connectivity index (χ0) is 24.5. The summed E-state index contributed by atoms with van der Waals surface area (Å²) >= 11 is 5.68. The molecule has 34 heavy (non-hydrogen) atoms. The van der Waals surface area contributed by atoms with Crippen molar-refractivity contribution in [3.63, 3.8) is 0 Å². The summed E-state index contributed by atoms with van der Waals surface area (Å²) in [4.78, 5) is 38.6. The minimum Gasteiger partial charge on any atom is -0.490 e. The van der Waals surface area contributed by atoms with Crippen molar-refractivity contribution in [1.82, 2.24) is 4.90 Å². The molecule has 0 bridgehead atoms. The highest BCUT2D eigenvalue weighted by Crippen LogP contribution is 2.29. The lowest BCUT2D eigenvalue weighted by Gasteiger charge is -2.26. The van der Waals surface area contributed by atoms with Crippen molar-refractivity contribution < 1.29 is 33.0 Å². The molecule has 0 saturated carbocycles. The summed E-state index contributed by atoms with van der Waals surface area (Å²) in [5, 5.41) is 2.32. The number of benzene rings is 2. The molecule has 1 heterocycles. The number of nitrogens with zero attached hydrogens (tertiary/aromatic N) is 1. The molecule has 1 N–H and O–H groups in total. The van der Waals surface area contributed by atoms with E-state index in [1.54, 1.807) is 11.8 Å². The fourth-order valence-electron chi connectivity index (χ4n) is 3.38. The van der Waals surface area contributed by atoms with Gasteiger partial charge in [0.1, 0.15) is 5.82 Å². The smallest absolute Gasteiger partial charge is 0.338 e. The third kappa shape index (κ3) is 7.08. The first-order valence-electron chi connectivity index (χ1n) is 11.0. The fraction of sp³-hybridized carbons (Fsp3) is 0.375. The molecule has 0 unspecified atom stereocenters. The van der Waals surface area contributed by atoms with E-state index in [9.17, 15) is 18.8 Å². The summed E-state index contributed by atoms with van der Waals surface area (Å²) in [6, 6.07) is 8.12. The lowest BCUT2D eigenvalue weighted by molar-refractivity contribution is -0.134. The number of ether oxygens (including phenoxy) is 3. The van der Waals surface area contributed by atoms with Gasteiger partial charge in [-0.2, -0.15) is 0 Å². The van der Waals surface area contributed by atoms with Crippen LogP contribution < -0.4 is 14.8 Å². The molecule has 0 aromatic heterocycles. The molecule has 0 spiro atoms. The number of anilines is 1. The molecule has 8 nitrogen and oxygen atoms in total. The predicted molar refractivity (Wildman–Crippen MR) is 124 cm³/mol. The maximum atomic E-state index is 13.2. The van der Waals surface area contributed by atoms with Crippen LogP contribution in [0.1, 0.15) is 36.5 Å². The summed E-state index contributed by atoms with van der Waals surface area (Å²) in [6.45, 7) is 2.87. The van der Waals surface area contributed by atoms with Crippen LogP contribution in [0.25, 0.3) is 0 Å². The number of carbonyl (C=O) groups excluding carboxylic acids is 3. The summed E-state index contributed by atoms with van der Waals surface area (Å²) < 4.78 is 29.5. The van der Waals surface area contributed by atoms with Crippen LogP contribution in [0.15, 0.2) is 36.4 Å². The molecule has 3 rings (SSSR count). The van der Waals surface area contributed by atoms with Crippen molar-refractivity contribution in [3.05, 3.63) is 52.8 Å². The van der Waals surface area contributed by atoms with Crippen LogP contribution in [0.3, 0.4) is 0 Å². The zero-order valence-electron chi connectivity index (χ0n) is 18.8.